The van der Waals surface area contributed by atoms with Gasteiger partial charge in [-0.05, 0) is 37.0 Å². The van der Waals surface area contributed by atoms with Crippen molar-refractivity contribution in [1.29, 1.82) is 0 Å². The van der Waals surface area contributed by atoms with Crippen molar-refractivity contribution in [2.75, 3.05) is 20.3 Å². The molecule has 0 saturated carbocycles. The summed E-state index contributed by atoms with van der Waals surface area (Å²) in [6, 6.07) is 7.88. The van der Waals surface area contributed by atoms with E-state index in [2.05, 4.69) is 12.2 Å². The minimum atomic E-state index is -0.103. The van der Waals surface area contributed by atoms with E-state index in [9.17, 15) is 5.11 Å². The molecule has 0 aliphatic carbocycles. The molecule has 0 bridgehead atoms. The van der Waals surface area contributed by atoms with Crippen LogP contribution in [-0.4, -0.2) is 49.8 Å². The zero-order chi connectivity index (χ0) is 16.8. The molecule has 1 aromatic carbocycles. The zero-order valence-corrected chi connectivity index (χ0v) is 14.1. The average molecular weight is 334 g/mol. The van der Waals surface area contributed by atoms with Crippen molar-refractivity contribution >= 4 is 0 Å². The molecular weight excluding hydrogens is 308 g/mol. The summed E-state index contributed by atoms with van der Waals surface area (Å²) in [4.78, 5) is 0. The highest BCUT2D eigenvalue weighted by atomic mass is 16.6. The molecule has 1 N–H and O–H groups in total. The van der Waals surface area contributed by atoms with Gasteiger partial charge in [-0.2, -0.15) is 0 Å². The number of aliphatic hydroxyl groups excluding tert-OH is 1. The fraction of sp³-hybridized carbons (Fsp3) is 0.579. The van der Waals surface area contributed by atoms with Gasteiger partial charge in [0, 0.05) is 0 Å². The van der Waals surface area contributed by atoms with Gasteiger partial charge in [0.15, 0.2) is 0 Å². The minimum absolute atomic E-state index is 0.0533. The summed E-state index contributed by atoms with van der Waals surface area (Å²) in [6.45, 7) is 1.21. The van der Waals surface area contributed by atoms with E-state index in [1.54, 1.807) is 7.11 Å². The van der Waals surface area contributed by atoms with Gasteiger partial charge in [-0.1, -0.05) is 24.3 Å². The fourth-order valence-electron chi connectivity index (χ4n) is 3.14. The first-order chi connectivity index (χ1) is 11.8. The van der Waals surface area contributed by atoms with Crippen molar-refractivity contribution < 1.29 is 24.1 Å². The van der Waals surface area contributed by atoms with Gasteiger partial charge in [0.25, 0.3) is 0 Å². The van der Waals surface area contributed by atoms with Gasteiger partial charge in [-0.15, -0.1) is 0 Å². The van der Waals surface area contributed by atoms with Crippen LogP contribution >= 0.6 is 0 Å². The molecule has 132 valence electrons. The van der Waals surface area contributed by atoms with E-state index < -0.39 is 0 Å². The molecule has 4 atom stereocenters. The topological polar surface area (TPSA) is 57.2 Å². The SMILES string of the molecule is COc1ccc(COC[C@H]2CC[C@H]([C@@H]3C=CC[C@H](CO)O3)O2)cc1. The van der Waals surface area contributed by atoms with E-state index in [-0.39, 0.29) is 31.0 Å². The number of rotatable bonds is 7. The maximum absolute atomic E-state index is 9.23. The Morgan fingerprint density at radius 2 is 1.96 bits per heavy atom. The number of ether oxygens (including phenoxy) is 4. The van der Waals surface area contributed by atoms with Gasteiger partial charge in [0.05, 0.1) is 45.2 Å². The van der Waals surface area contributed by atoms with Crippen LogP contribution < -0.4 is 4.74 Å². The molecule has 0 radical (unpaired) electrons. The van der Waals surface area contributed by atoms with Gasteiger partial charge < -0.3 is 24.1 Å². The van der Waals surface area contributed by atoms with Gasteiger partial charge in [0.1, 0.15) is 11.9 Å². The molecule has 0 aromatic heterocycles. The second-order valence-corrected chi connectivity index (χ2v) is 6.31. The lowest BCUT2D eigenvalue weighted by Gasteiger charge is -2.28. The maximum atomic E-state index is 9.23. The third kappa shape index (κ3) is 4.57. The number of methoxy groups -OCH3 is 1. The highest BCUT2D eigenvalue weighted by molar-refractivity contribution is 5.26. The predicted molar refractivity (Wildman–Crippen MR) is 90.0 cm³/mol. The van der Waals surface area contributed by atoms with Crippen molar-refractivity contribution in [1.82, 2.24) is 0 Å². The lowest BCUT2D eigenvalue weighted by atomic mass is 10.1. The second-order valence-electron chi connectivity index (χ2n) is 6.31. The minimum Gasteiger partial charge on any atom is -0.497 e. The number of hydrogen-bond donors (Lipinski definition) is 1. The Balaban J connectivity index is 1.40. The Hall–Kier alpha value is -1.40. The van der Waals surface area contributed by atoms with Crippen LogP contribution in [0, 0.1) is 0 Å². The summed E-state index contributed by atoms with van der Waals surface area (Å²) in [5.74, 6) is 0.849. The third-order valence-corrected chi connectivity index (χ3v) is 4.52. The summed E-state index contributed by atoms with van der Waals surface area (Å²) in [7, 11) is 1.66. The Morgan fingerprint density at radius 1 is 1.12 bits per heavy atom. The number of benzene rings is 1. The van der Waals surface area contributed by atoms with Crippen LogP contribution in [0.4, 0.5) is 0 Å². The molecule has 2 aliphatic heterocycles. The highest BCUT2D eigenvalue weighted by Crippen LogP contribution is 2.27. The van der Waals surface area contributed by atoms with Crippen molar-refractivity contribution in [3.05, 3.63) is 42.0 Å². The fourth-order valence-corrected chi connectivity index (χ4v) is 3.14. The quantitative estimate of drug-likeness (QED) is 0.776. The van der Waals surface area contributed by atoms with Crippen molar-refractivity contribution in [2.45, 2.75) is 50.3 Å². The average Bonchev–Trinajstić information content (AvgIpc) is 3.11. The first-order valence-corrected chi connectivity index (χ1v) is 8.57. The Morgan fingerprint density at radius 3 is 2.71 bits per heavy atom. The molecular formula is C19H26O5. The van der Waals surface area contributed by atoms with Crippen molar-refractivity contribution in [3.63, 3.8) is 0 Å². The van der Waals surface area contributed by atoms with Crippen LogP contribution in [0.15, 0.2) is 36.4 Å². The van der Waals surface area contributed by atoms with Crippen LogP contribution in [0.2, 0.25) is 0 Å². The van der Waals surface area contributed by atoms with Crippen LogP contribution in [0.3, 0.4) is 0 Å². The van der Waals surface area contributed by atoms with E-state index >= 15 is 0 Å². The van der Waals surface area contributed by atoms with Gasteiger partial charge >= 0.3 is 0 Å². The number of aliphatic hydroxyl groups is 1. The van der Waals surface area contributed by atoms with E-state index in [4.69, 9.17) is 18.9 Å². The van der Waals surface area contributed by atoms with Gasteiger partial charge in [-0.25, -0.2) is 0 Å². The van der Waals surface area contributed by atoms with E-state index in [0.29, 0.717) is 13.2 Å². The molecule has 0 spiro atoms. The van der Waals surface area contributed by atoms with E-state index in [1.807, 2.05) is 24.3 Å². The first kappa shape index (κ1) is 17.4. The molecule has 2 aliphatic rings. The molecule has 24 heavy (non-hydrogen) atoms. The van der Waals surface area contributed by atoms with Crippen LogP contribution in [0.1, 0.15) is 24.8 Å². The Kier molecular flexibility index (Phi) is 6.26. The van der Waals surface area contributed by atoms with Crippen LogP contribution in [-0.2, 0) is 20.8 Å². The summed E-state index contributed by atoms with van der Waals surface area (Å²) in [5, 5.41) is 9.23. The molecule has 5 nitrogen and oxygen atoms in total. The molecule has 1 fully saturated rings. The van der Waals surface area contributed by atoms with Gasteiger partial charge in [0.2, 0.25) is 0 Å². The lowest BCUT2D eigenvalue weighted by Crippen LogP contribution is -2.35. The molecule has 5 heteroatoms. The van der Waals surface area contributed by atoms with Crippen molar-refractivity contribution in [3.8, 4) is 5.75 Å². The summed E-state index contributed by atoms with van der Waals surface area (Å²) in [6.07, 6.45) is 6.85. The molecule has 3 rings (SSSR count). The smallest absolute Gasteiger partial charge is 0.118 e. The highest BCUT2D eigenvalue weighted by Gasteiger charge is 2.33. The van der Waals surface area contributed by atoms with Crippen LogP contribution in [0.25, 0.3) is 0 Å². The largest absolute Gasteiger partial charge is 0.497 e. The van der Waals surface area contributed by atoms with E-state index in [0.717, 1.165) is 30.6 Å². The Labute approximate surface area is 143 Å². The molecule has 1 aromatic rings. The normalized spacial score (nSPS) is 29.8. The lowest BCUT2D eigenvalue weighted by molar-refractivity contribution is -0.103. The summed E-state index contributed by atoms with van der Waals surface area (Å²) >= 11 is 0. The van der Waals surface area contributed by atoms with Crippen LogP contribution in [0.5, 0.6) is 5.75 Å². The third-order valence-electron chi connectivity index (χ3n) is 4.52. The van der Waals surface area contributed by atoms with E-state index in [1.165, 1.54) is 0 Å². The molecule has 2 heterocycles. The molecule has 1 saturated heterocycles. The first-order valence-electron chi connectivity index (χ1n) is 8.57. The summed E-state index contributed by atoms with van der Waals surface area (Å²) < 4.78 is 22.9. The van der Waals surface area contributed by atoms with Crippen molar-refractivity contribution in [2.24, 2.45) is 0 Å². The monoisotopic (exact) mass is 334 g/mol. The maximum Gasteiger partial charge on any atom is 0.118 e. The summed E-state index contributed by atoms with van der Waals surface area (Å²) in [5.41, 5.74) is 1.12. The number of hydrogen-bond acceptors (Lipinski definition) is 5. The second kappa shape index (κ2) is 8.62. The standard InChI is InChI=1S/C19H26O5/c1-21-15-7-5-14(6-8-15)12-22-13-17-9-10-19(24-17)18-4-2-3-16(11-20)23-18/h2,4-8,16-20H,3,9-13H2,1H3/t16-,17-,18+,19-/m1/s1. The molecule has 0 unspecified atom stereocenters. The zero-order valence-electron chi connectivity index (χ0n) is 14.1. The Bertz CT molecular complexity index is 527. The van der Waals surface area contributed by atoms with Gasteiger partial charge in [-0.3, -0.25) is 0 Å². The molecule has 0 amide bonds. The predicted octanol–water partition coefficient (Wildman–Crippen LogP) is 2.47.